The summed E-state index contributed by atoms with van der Waals surface area (Å²) in [6.07, 6.45) is 6.48. The predicted octanol–water partition coefficient (Wildman–Crippen LogP) is 2.12. The van der Waals surface area contributed by atoms with Crippen LogP contribution < -0.4 is 5.32 Å². The minimum atomic E-state index is 0.353. The summed E-state index contributed by atoms with van der Waals surface area (Å²) >= 11 is 0. The van der Waals surface area contributed by atoms with Gasteiger partial charge in [-0.25, -0.2) is 0 Å². The van der Waals surface area contributed by atoms with E-state index in [4.69, 9.17) is 5.26 Å². The molecule has 0 amide bonds. The first-order valence-corrected chi connectivity index (χ1v) is 5.85. The van der Waals surface area contributed by atoms with Crippen LogP contribution in [0.1, 0.15) is 39.2 Å². The van der Waals surface area contributed by atoms with Gasteiger partial charge in [-0.1, -0.05) is 0 Å². The van der Waals surface area contributed by atoms with E-state index < -0.39 is 0 Å². The number of nitriles is 1. The summed E-state index contributed by atoms with van der Waals surface area (Å²) in [5.74, 6) is 0. The predicted molar refractivity (Wildman–Crippen MR) is 63.9 cm³/mol. The van der Waals surface area contributed by atoms with E-state index >= 15 is 0 Å². The number of aromatic nitrogens is 2. The molecule has 0 aliphatic carbocycles. The normalized spacial score (nSPS) is 14.3. The fourth-order valence-electron chi connectivity index (χ4n) is 1.58. The van der Waals surface area contributed by atoms with Crippen molar-refractivity contribution in [3.63, 3.8) is 0 Å². The molecule has 0 spiro atoms. The van der Waals surface area contributed by atoms with Crippen molar-refractivity contribution in [1.82, 2.24) is 15.1 Å². The fourth-order valence-corrected chi connectivity index (χ4v) is 1.58. The van der Waals surface area contributed by atoms with Crippen LogP contribution in [0.2, 0.25) is 0 Å². The minimum absolute atomic E-state index is 0.353. The minimum Gasteiger partial charge on any atom is -0.312 e. The van der Waals surface area contributed by atoms with Crippen molar-refractivity contribution in [3.8, 4) is 6.07 Å². The molecule has 1 aromatic heterocycles. The van der Waals surface area contributed by atoms with Gasteiger partial charge in [0.1, 0.15) is 0 Å². The number of rotatable bonds is 7. The number of unbranched alkanes of at least 4 members (excludes halogenated alkanes) is 2. The molecule has 88 valence electrons. The highest BCUT2D eigenvalue weighted by Gasteiger charge is 2.12. The molecule has 16 heavy (non-hydrogen) atoms. The van der Waals surface area contributed by atoms with Gasteiger partial charge in [-0.05, 0) is 39.3 Å². The quantitative estimate of drug-likeness (QED) is 0.716. The molecule has 1 rings (SSSR count). The maximum atomic E-state index is 8.41. The highest BCUT2D eigenvalue weighted by atomic mass is 15.3. The van der Waals surface area contributed by atoms with Crippen LogP contribution in [0.3, 0.4) is 0 Å². The van der Waals surface area contributed by atoms with Crippen molar-refractivity contribution in [1.29, 1.82) is 5.26 Å². The van der Waals surface area contributed by atoms with E-state index in [1.54, 1.807) is 6.20 Å². The van der Waals surface area contributed by atoms with Crippen LogP contribution in [0, 0.1) is 11.3 Å². The molecule has 4 nitrogen and oxygen atoms in total. The monoisotopic (exact) mass is 220 g/mol. The van der Waals surface area contributed by atoms with E-state index in [1.807, 2.05) is 16.9 Å². The molecular formula is C12H20N4. The summed E-state index contributed by atoms with van der Waals surface area (Å²) in [5.41, 5.74) is 0. The highest BCUT2D eigenvalue weighted by molar-refractivity contribution is 4.83. The first-order chi connectivity index (χ1) is 7.75. The number of hydrogen-bond acceptors (Lipinski definition) is 3. The van der Waals surface area contributed by atoms with Crippen molar-refractivity contribution >= 4 is 0 Å². The molecule has 0 unspecified atom stereocenters. The standard InChI is InChI=1S/C12H20N4/c1-11(14-8-5-3-4-7-13)12(2)16-10-6-9-15-16/h6,9-12,14H,3-5,8H2,1-2H3/t11-,12-/m1/s1. The third-order valence-corrected chi connectivity index (χ3v) is 2.85. The molecule has 2 atom stereocenters. The van der Waals surface area contributed by atoms with Crippen molar-refractivity contribution in [2.75, 3.05) is 6.54 Å². The second-order valence-corrected chi connectivity index (χ2v) is 4.08. The van der Waals surface area contributed by atoms with Gasteiger partial charge in [0.2, 0.25) is 0 Å². The Bertz CT molecular complexity index is 312. The topological polar surface area (TPSA) is 53.6 Å². The van der Waals surface area contributed by atoms with Gasteiger partial charge in [0.15, 0.2) is 0 Å². The lowest BCUT2D eigenvalue weighted by Crippen LogP contribution is -2.34. The highest BCUT2D eigenvalue weighted by Crippen LogP contribution is 2.08. The van der Waals surface area contributed by atoms with E-state index in [0.29, 0.717) is 18.5 Å². The summed E-state index contributed by atoms with van der Waals surface area (Å²) in [6, 6.07) is 4.84. The van der Waals surface area contributed by atoms with Gasteiger partial charge >= 0.3 is 0 Å². The Morgan fingerprint density at radius 2 is 2.25 bits per heavy atom. The van der Waals surface area contributed by atoms with Gasteiger partial charge in [-0.15, -0.1) is 0 Å². The molecule has 0 aliphatic heterocycles. The van der Waals surface area contributed by atoms with Crippen molar-refractivity contribution < 1.29 is 0 Å². The Balaban J connectivity index is 2.20. The molecule has 0 saturated heterocycles. The molecule has 0 radical (unpaired) electrons. The second-order valence-electron chi connectivity index (χ2n) is 4.08. The zero-order valence-electron chi connectivity index (χ0n) is 10.1. The third-order valence-electron chi connectivity index (χ3n) is 2.85. The molecule has 0 saturated carbocycles. The SMILES string of the molecule is C[C@H]([C@@H](C)NCCCCC#N)n1cccn1. The van der Waals surface area contributed by atoms with Gasteiger partial charge in [0.25, 0.3) is 0 Å². The van der Waals surface area contributed by atoms with Gasteiger partial charge < -0.3 is 5.32 Å². The summed E-state index contributed by atoms with van der Waals surface area (Å²) in [7, 11) is 0. The smallest absolute Gasteiger partial charge is 0.0641 e. The lowest BCUT2D eigenvalue weighted by molar-refractivity contribution is 0.364. The lowest BCUT2D eigenvalue weighted by Gasteiger charge is -2.21. The van der Waals surface area contributed by atoms with Gasteiger partial charge in [0.05, 0.1) is 12.1 Å². The molecule has 1 aromatic rings. The Kier molecular flexibility index (Phi) is 5.58. The maximum Gasteiger partial charge on any atom is 0.0641 e. The zero-order chi connectivity index (χ0) is 11.8. The Hall–Kier alpha value is -1.34. The first-order valence-electron chi connectivity index (χ1n) is 5.85. The summed E-state index contributed by atoms with van der Waals surface area (Å²) in [4.78, 5) is 0. The summed E-state index contributed by atoms with van der Waals surface area (Å²) in [6.45, 7) is 5.28. The molecule has 0 fully saturated rings. The van der Waals surface area contributed by atoms with Gasteiger partial charge in [0, 0.05) is 24.9 Å². The van der Waals surface area contributed by atoms with Crippen LogP contribution in [0.5, 0.6) is 0 Å². The van der Waals surface area contributed by atoms with Crippen LogP contribution in [-0.2, 0) is 0 Å². The van der Waals surface area contributed by atoms with E-state index in [1.165, 1.54) is 0 Å². The number of hydrogen-bond donors (Lipinski definition) is 1. The Morgan fingerprint density at radius 3 is 2.88 bits per heavy atom. The van der Waals surface area contributed by atoms with Crippen molar-refractivity contribution in [2.24, 2.45) is 0 Å². The van der Waals surface area contributed by atoms with Crippen LogP contribution in [-0.4, -0.2) is 22.4 Å². The van der Waals surface area contributed by atoms with Crippen LogP contribution in [0.15, 0.2) is 18.5 Å². The molecule has 1 heterocycles. The first kappa shape index (κ1) is 12.7. The number of nitrogens with zero attached hydrogens (tertiary/aromatic N) is 3. The Morgan fingerprint density at radius 1 is 1.44 bits per heavy atom. The zero-order valence-corrected chi connectivity index (χ0v) is 10.1. The fraction of sp³-hybridized carbons (Fsp3) is 0.667. The lowest BCUT2D eigenvalue weighted by atomic mass is 10.1. The second kappa shape index (κ2) is 7.02. The molecule has 4 heteroatoms. The van der Waals surface area contributed by atoms with E-state index in [-0.39, 0.29) is 0 Å². The van der Waals surface area contributed by atoms with Crippen LogP contribution in [0.25, 0.3) is 0 Å². The van der Waals surface area contributed by atoms with Crippen LogP contribution >= 0.6 is 0 Å². The van der Waals surface area contributed by atoms with E-state index in [9.17, 15) is 0 Å². The average Bonchev–Trinajstić information content (AvgIpc) is 2.81. The Labute approximate surface area is 97.3 Å². The molecule has 1 N–H and O–H groups in total. The third kappa shape index (κ3) is 4.03. The summed E-state index contributed by atoms with van der Waals surface area (Å²) in [5, 5.41) is 16.1. The van der Waals surface area contributed by atoms with Crippen molar-refractivity contribution in [3.05, 3.63) is 18.5 Å². The summed E-state index contributed by atoms with van der Waals surface area (Å²) < 4.78 is 1.97. The van der Waals surface area contributed by atoms with Gasteiger partial charge in [-0.2, -0.15) is 10.4 Å². The maximum absolute atomic E-state index is 8.41. The largest absolute Gasteiger partial charge is 0.312 e. The molecule has 0 aliphatic rings. The molecule has 0 bridgehead atoms. The van der Waals surface area contributed by atoms with E-state index in [0.717, 1.165) is 19.4 Å². The number of nitrogens with one attached hydrogen (secondary N) is 1. The van der Waals surface area contributed by atoms with Crippen molar-refractivity contribution in [2.45, 2.75) is 45.2 Å². The van der Waals surface area contributed by atoms with Gasteiger partial charge in [-0.3, -0.25) is 4.68 Å². The molecule has 0 aromatic carbocycles. The van der Waals surface area contributed by atoms with E-state index in [2.05, 4.69) is 30.3 Å². The van der Waals surface area contributed by atoms with Crippen LogP contribution in [0.4, 0.5) is 0 Å². The molecular weight excluding hydrogens is 200 g/mol. The average molecular weight is 220 g/mol.